The standard InChI is InChI=1S/C16H20N4/c1-11(18-9-13-3-4-13)15-10-19-16(20-12(15)2)14-5-7-17-8-6-14/h5-8,10-11,13,18H,3-4,9H2,1-2H3. The number of nitrogens with zero attached hydrogens (tertiary/aromatic N) is 3. The number of aromatic nitrogens is 3. The van der Waals surface area contributed by atoms with E-state index in [0.717, 1.165) is 29.5 Å². The first-order chi connectivity index (χ1) is 9.74. The van der Waals surface area contributed by atoms with Crippen molar-refractivity contribution in [2.45, 2.75) is 32.7 Å². The molecule has 20 heavy (non-hydrogen) atoms. The summed E-state index contributed by atoms with van der Waals surface area (Å²) in [5.41, 5.74) is 3.24. The molecule has 104 valence electrons. The number of rotatable bonds is 5. The third kappa shape index (κ3) is 3.02. The minimum atomic E-state index is 0.307. The predicted molar refractivity (Wildman–Crippen MR) is 79.1 cm³/mol. The Balaban J connectivity index is 1.76. The van der Waals surface area contributed by atoms with Crippen LogP contribution in [-0.2, 0) is 0 Å². The lowest BCUT2D eigenvalue weighted by molar-refractivity contribution is 0.543. The van der Waals surface area contributed by atoms with Crippen LogP contribution in [0, 0.1) is 12.8 Å². The number of nitrogens with one attached hydrogen (secondary N) is 1. The first-order valence-corrected chi connectivity index (χ1v) is 7.21. The zero-order valence-corrected chi connectivity index (χ0v) is 12.0. The minimum absolute atomic E-state index is 0.307. The van der Waals surface area contributed by atoms with E-state index in [1.807, 2.05) is 18.3 Å². The topological polar surface area (TPSA) is 50.7 Å². The Morgan fingerprint density at radius 3 is 2.70 bits per heavy atom. The average Bonchev–Trinajstić information content (AvgIpc) is 3.30. The molecule has 1 fully saturated rings. The molecule has 0 amide bonds. The molecule has 0 saturated heterocycles. The van der Waals surface area contributed by atoms with E-state index in [1.54, 1.807) is 12.4 Å². The number of aryl methyl sites for hydroxylation is 1. The fourth-order valence-corrected chi connectivity index (χ4v) is 2.32. The summed E-state index contributed by atoms with van der Waals surface area (Å²) < 4.78 is 0. The Labute approximate surface area is 119 Å². The molecule has 1 atom stereocenters. The van der Waals surface area contributed by atoms with Crippen molar-refractivity contribution in [1.82, 2.24) is 20.3 Å². The molecule has 3 rings (SSSR count). The fraction of sp³-hybridized carbons (Fsp3) is 0.438. The Morgan fingerprint density at radius 2 is 2.05 bits per heavy atom. The van der Waals surface area contributed by atoms with Crippen LogP contribution >= 0.6 is 0 Å². The van der Waals surface area contributed by atoms with Gasteiger partial charge in [-0.05, 0) is 51.3 Å². The van der Waals surface area contributed by atoms with Crippen molar-refractivity contribution in [2.24, 2.45) is 5.92 Å². The lowest BCUT2D eigenvalue weighted by Crippen LogP contribution is -2.22. The highest BCUT2D eigenvalue weighted by Crippen LogP contribution is 2.28. The van der Waals surface area contributed by atoms with Gasteiger partial charge in [0.1, 0.15) is 0 Å². The summed E-state index contributed by atoms with van der Waals surface area (Å²) in [5, 5.41) is 3.57. The third-order valence-corrected chi connectivity index (χ3v) is 3.83. The molecule has 1 unspecified atom stereocenters. The van der Waals surface area contributed by atoms with Gasteiger partial charge in [0.25, 0.3) is 0 Å². The van der Waals surface area contributed by atoms with E-state index < -0.39 is 0 Å². The Kier molecular flexibility index (Phi) is 3.74. The summed E-state index contributed by atoms with van der Waals surface area (Å²) >= 11 is 0. The minimum Gasteiger partial charge on any atom is -0.310 e. The summed E-state index contributed by atoms with van der Waals surface area (Å²) in [7, 11) is 0. The molecule has 1 aliphatic carbocycles. The van der Waals surface area contributed by atoms with Gasteiger partial charge in [0.05, 0.1) is 0 Å². The molecule has 4 heteroatoms. The molecular formula is C16H20N4. The SMILES string of the molecule is Cc1nc(-c2ccncc2)ncc1C(C)NCC1CC1. The van der Waals surface area contributed by atoms with Crippen LogP contribution in [-0.4, -0.2) is 21.5 Å². The second-order valence-corrected chi connectivity index (χ2v) is 5.54. The van der Waals surface area contributed by atoms with E-state index in [-0.39, 0.29) is 0 Å². The Morgan fingerprint density at radius 1 is 1.30 bits per heavy atom. The summed E-state index contributed by atoms with van der Waals surface area (Å²) in [6.07, 6.45) is 8.22. The summed E-state index contributed by atoms with van der Waals surface area (Å²) in [5.74, 6) is 1.65. The second-order valence-electron chi connectivity index (χ2n) is 5.54. The first-order valence-electron chi connectivity index (χ1n) is 7.21. The lowest BCUT2D eigenvalue weighted by atomic mass is 10.1. The van der Waals surface area contributed by atoms with Crippen LogP contribution in [0.4, 0.5) is 0 Å². The van der Waals surface area contributed by atoms with Crippen molar-refractivity contribution in [1.29, 1.82) is 0 Å². The maximum Gasteiger partial charge on any atom is 0.159 e. The third-order valence-electron chi connectivity index (χ3n) is 3.83. The largest absolute Gasteiger partial charge is 0.310 e. The van der Waals surface area contributed by atoms with Gasteiger partial charge in [0.15, 0.2) is 5.82 Å². The molecule has 4 nitrogen and oxygen atoms in total. The predicted octanol–water partition coefficient (Wildman–Crippen LogP) is 2.91. The first kappa shape index (κ1) is 13.2. The van der Waals surface area contributed by atoms with Crippen molar-refractivity contribution in [3.8, 4) is 11.4 Å². The molecule has 0 bridgehead atoms. The van der Waals surface area contributed by atoms with E-state index in [2.05, 4.69) is 34.1 Å². The van der Waals surface area contributed by atoms with Gasteiger partial charge >= 0.3 is 0 Å². The van der Waals surface area contributed by atoms with E-state index >= 15 is 0 Å². The van der Waals surface area contributed by atoms with Crippen LogP contribution < -0.4 is 5.32 Å². The number of hydrogen-bond donors (Lipinski definition) is 1. The molecule has 2 aromatic rings. The van der Waals surface area contributed by atoms with E-state index in [9.17, 15) is 0 Å². The zero-order chi connectivity index (χ0) is 13.9. The average molecular weight is 268 g/mol. The molecule has 1 saturated carbocycles. The maximum atomic E-state index is 4.63. The fourth-order valence-electron chi connectivity index (χ4n) is 2.32. The van der Waals surface area contributed by atoms with E-state index in [4.69, 9.17) is 0 Å². The van der Waals surface area contributed by atoms with Crippen LogP contribution in [0.25, 0.3) is 11.4 Å². The Bertz CT molecular complexity index is 578. The molecule has 0 aromatic carbocycles. The van der Waals surface area contributed by atoms with Gasteiger partial charge in [-0.15, -0.1) is 0 Å². The van der Waals surface area contributed by atoms with Crippen LogP contribution in [0.2, 0.25) is 0 Å². The van der Waals surface area contributed by atoms with Crippen LogP contribution in [0.1, 0.15) is 37.1 Å². The smallest absolute Gasteiger partial charge is 0.159 e. The van der Waals surface area contributed by atoms with Gasteiger partial charge in [-0.2, -0.15) is 0 Å². The second kappa shape index (κ2) is 5.67. The Hall–Kier alpha value is -1.81. The van der Waals surface area contributed by atoms with Crippen molar-refractivity contribution in [3.05, 3.63) is 42.0 Å². The molecule has 1 aliphatic rings. The summed E-state index contributed by atoms with van der Waals surface area (Å²) in [6.45, 7) is 5.34. The van der Waals surface area contributed by atoms with Crippen molar-refractivity contribution < 1.29 is 0 Å². The quantitative estimate of drug-likeness (QED) is 0.906. The molecule has 2 aromatic heterocycles. The summed E-state index contributed by atoms with van der Waals surface area (Å²) in [6, 6.07) is 4.17. The van der Waals surface area contributed by atoms with Gasteiger partial charge < -0.3 is 5.32 Å². The molecule has 0 aliphatic heterocycles. The molecule has 1 N–H and O–H groups in total. The van der Waals surface area contributed by atoms with Crippen LogP contribution in [0.3, 0.4) is 0 Å². The zero-order valence-electron chi connectivity index (χ0n) is 12.0. The van der Waals surface area contributed by atoms with Gasteiger partial charge in [-0.1, -0.05) is 0 Å². The highest BCUT2D eigenvalue weighted by Gasteiger charge is 2.22. The molecule has 0 spiro atoms. The van der Waals surface area contributed by atoms with Crippen molar-refractivity contribution in [3.63, 3.8) is 0 Å². The lowest BCUT2D eigenvalue weighted by Gasteiger charge is -2.16. The maximum absolute atomic E-state index is 4.63. The van der Waals surface area contributed by atoms with Gasteiger partial charge in [-0.25, -0.2) is 9.97 Å². The molecule has 2 heterocycles. The normalized spacial score (nSPS) is 16.1. The highest BCUT2D eigenvalue weighted by atomic mass is 14.9. The monoisotopic (exact) mass is 268 g/mol. The molecular weight excluding hydrogens is 248 g/mol. The van der Waals surface area contributed by atoms with Gasteiger partial charge in [-0.3, -0.25) is 4.98 Å². The summed E-state index contributed by atoms with van der Waals surface area (Å²) in [4.78, 5) is 13.1. The van der Waals surface area contributed by atoms with Gasteiger partial charge in [0.2, 0.25) is 0 Å². The highest BCUT2D eigenvalue weighted by molar-refractivity contribution is 5.53. The molecule has 0 radical (unpaired) electrons. The number of pyridine rings is 1. The van der Waals surface area contributed by atoms with E-state index in [0.29, 0.717) is 6.04 Å². The van der Waals surface area contributed by atoms with Crippen LogP contribution in [0.15, 0.2) is 30.7 Å². The number of hydrogen-bond acceptors (Lipinski definition) is 4. The van der Waals surface area contributed by atoms with Gasteiger partial charge in [0, 0.05) is 41.5 Å². The van der Waals surface area contributed by atoms with Crippen LogP contribution in [0.5, 0.6) is 0 Å². The van der Waals surface area contributed by atoms with Crippen molar-refractivity contribution >= 4 is 0 Å². The van der Waals surface area contributed by atoms with Crippen molar-refractivity contribution in [2.75, 3.05) is 6.54 Å². The van der Waals surface area contributed by atoms with E-state index in [1.165, 1.54) is 18.4 Å².